The molecule has 0 radical (unpaired) electrons. The van der Waals surface area contributed by atoms with Crippen molar-refractivity contribution in [1.29, 1.82) is 0 Å². The fourth-order valence-electron chi connectivity index (χ4n) is 5.73. The standard InChI is InChI=1S/C29H34F2N4O5/c1-37-24-12-19(13-25(40-29(30)31)27(24)28(36)33-20-3-4-20)23-15-32-26-14-22(5-8-35(23)26)39-9-2-7-34-16-18-6-10-38-17-21(34)11-18/h5,8,12-15,18,20-21,29H,2-4,6-7,9-11,16-17H2,1H3,(H,33,36). The monoisotopic (exact) mass is 556 g/mol. The van der Waals surface area contributed by atoms with E-state index in [0.717, 1.165) is 57.9 Å². The zero-order valence-corrected chi connectivity index (χ0v) is 22.5. The first-order chi connectivity index (χ1) is 19.5. The average Bonchev–Trinajstić information content (AvgIpc) is 3.58. The molecule has 1 aliphatic carbocycles. The number of methoxy groups -OCH3 is 1. The van der Waals surface area contributed by atoms with Gasteiger partial charge < -0.3 is 24.3 Å². The Bertz CT molecular complexity index is 1360. The predicted octanol–water partition coefficient (Wildman–Crippen LogP) is 4.38. The molecule has 4 heterocycles. The summed E-state index contributed by atoms with van der Waals surface area (Å²) in [6.07, 6.45) is 8.49. The van der Waals surface area contributed by atoms with Crippen LogP contribution in [0.4, 0.5) is 8.78 Å². The molecule has 6 rings (SSSR count). The van der Waals surface area contributed by atoms with Crippen LogP contribution in [0.25, 0.3) is 16.9 Å². The highest BCUT2D eigenvalue weighted by Crippen LogP contribution is 2.37. The first-order valence-electron chi connectivity index (χ1n) is 13.9. The van der Waals surface area contributed by atoms with Crippen LogP contribution >= 0.6 is 0 Å². The van der Waals surface area contributed by atoms with Crippen LogP contribution in [0.15, 0.2) is 36.7 Å². The molecule has 2 aliphatic heterocycles. The van der Waals surface area contributed by atoms with Gasteiger partial charge >= 0.3 is 6.61 Å². The molecule has 2 atom stereocenters. The van der Waals surface area contributed by atoms with Crippen LogP contribution in [0.1, 0.15) is 42.5 Å². The lowest BCUT2D eigenvalue weighted by molar-refractivity contribution is -0.0502. The zero-order valence-electron chi connectivity index (χ0n) is 22.5. The highest BCUT2D eigenvalue weighted by Gasteiger charge is 2.33. The number of pyridine rings is 1. The fourth-order valence-corrected chi connectivity index (χ4v) is 5.73. The summed E-state index contributed by atoms with van der Waals surface area (Å²) in [5.41, 5.74) is 1.74. The molecule has 3 fully saturated rings. The number of nitrogens with one attached hydrogen (secondary N) is 1. The highest BCUT2D eigenvalue weighted by molar-refractivity contribution is 6.01. The molecule has 3 aromatic rings. The Morgan fingerprint density at radius 1 is 1.23 bits per heavy atom. The molecule has 2 aromatic heterocycles. The predicted molar refractivity (Wildman–Crippen MR) is 143 cm³/mol. The van der Waals surface area contributed by atoms with Crippen molar-refractivity contribution in [2.45, 2.75) is 50.8 Å². The molecule has 40 heavy (non-hydrogen) atoms. The number of imidazole rings is 1. The van der Waals surface area contributed by atoms with Gasteiger partial charge in [-0.25, -0.2) is 4.98 Å². The van der Waals surface area contributed by atoms with Crippen LogP contribution in [0.2, 0.25) is 0 Å². The number of ether oxygens (including phenoxy) is 4. The molecule has 1 aromatic carbocycles. The number of nitrogens with zero attached hydrogens (tertiary/aromatic N) is 3. The van der Waals surface area contributed by atoms with Gasteiger partial charge in [-0.3, -0.25) is 14.1 Å². The lowest BCUT2D eigenvalue weighted by Gasteiger charge is -2.25. The summed E-state index contributed by atoms with van der Waals surface area (Å²) < 4.78 is 50.4. The number of benzene rings is 1. The average molecular weight is 557 g/mol. The van der Waals surface area contributed by atoms with E-state index >= 15 is 0 Å². The van der Waals surface area contributed by atoms with Crippen LogP contribution in [0.5, 0.6) is 17.2 Å². The maximum absolute atomic E-state index is 13.3. The molecule has 9 nitrogen and oxygen atoms in total. The van der Waals surface area contributed by atoms with Crippen molar-refractivity contribution in [2.24, 2.45) is 5.92 Å². The summed E-state index contributed by atoms with van der Waals surface area (Å²) >= 11 is 0. The van der Waals surface area contributed by atoms with Gasteiger partial charge in [-0.1, -0.05) is 0 Å². The Balaban J connectivity index is 1.16. The zero-order chi connectivity index (χ0) is 27.6. The molecule has 0 spiro atoms. The van der Waals surface area contributed by atoms with Crippen LogP contribution in [-0.4, -0.2) is 78.9 Å². The third kappa shape index (κ3) is 5.85. The molecular formula is C29H34F2N4O5. The molecular weight excluding hydrogens is 522 g/mol. The minimum atomic E-state index is -3.10. The number of likely N-dealkylation sites (tertiary alicyclic amines) is 1. The first kappa shape index (κ1) is 26.8. The molecule has 1 amide bonds. The normalized spacial score (nSPS) is 21.0. The minimum absolute atomic E-state index is 0.0468. The number of fused-ring (bicyclic) bond motifs is 3. The summed E-state index contributed by atoms with van der Waals surface area (Å²) in [6.45, 7) is 1.34. The number of rotatable bonds is 11. The number of hydrogen-bond acceptors (Lipinski definition) is 7. The van der Waals surface area contributed by atoms with E-state index < -0.39 is 12.5 Å². The van der Waals surface area contributed by atoms with Gasteiger partial charge in [0.2, 0.25) is 0 Å². The smallest absolute Gasteiger partial charge is 0.387 e. The molecule has 2 bridgehead atoms. The molecule has 1 saturated carbocycles. The van der Waals surface area contributed by atoms with Crippen molar-refractivity contribution in [1.82, 2.24) is 19.6 Å². The summed E-state index contributed by atoms with van der Waals surface area (Å²) in [5, 5.41) is 2.81. The maximum atomic E-state index is 13.3. The van der Waals surface area contributed by atoms with Gasteiger partial charge in [0.1, 0.15) is 28.5 Å². The second kappa shape index (κ2) is 11.6. The maximum Gasteiger partial charge on any atom is 0.387 e. The first-order valence-corrected chi connectivity index (χ1v) is 13.9. The van der Waals surface area contributed by atoms with Crippen molar-refractivity contribution in [3.05, 3.63) is 42.2 Å². The Morgan fingerprint density at radius 2 is 2.08 bits per heavy atom. The van der Waals surface area contributed by atoms with E-state index in [1.165, 1.54) is 19.6 Å². The Kier molecular flexibility index (Phi) is 7.75. The van der Waals surface area contributed by atoms with Gasteiger partial charge in [-0.05, 0) is 56.2 Å². The molecule has 11 heteroatoms. The van der Waals surface area contributed by atoms with E-state index in [1.54, 1.807) is 12.3 Å². The Hall–Kier alpha value is -3.44. The highest BCUT2D eigenvalue weighted by atomic mass is 19.3. The van der Waals surface area contributed by atoms with E-state index in [1.807, 2.05) is 22.7 Å². The number of carbonyl (C=O) groups is 1. The molecule has 2 unspecified atom stereocenters. The van der Waals surface area contributed by atoms with Gasteiger partial charge in [0.15, 0.2) is 0 Å². The van der Waals surface area contributed by atoms with E-state index in [0.29, 0.717) is 35.3 Å². The number of hydrogen-bond donors (Lipinski definition) is 1. The van der Waals surface area contributed by atoms with Crippen molar-refractivity contribution in [3.8, 4) is 28.5 Å². The number of halogens is 2. The minimum Gasteiger partial charge on any atom is -0.496 e. The van der Waals surface area contributed by atoms with Gasteiger partial charge in [0.25, 0.3) is 5.91 Å². The van der Waals surface area contributed by atoms with Crippen LogP contribution in [0, 0.1) is 5.92 Å². The molecule has 214 valence electrons. The number of alkyl halides is 2. The van der Waals surface area contributed by atoms with E-state index in [9.17, 15) is 13.6 Å². The van der Waals surface area contributed by atoms with Crippen molar-refractivity contribution in [2.75, 3.05) is 40.0 Å². The summed E-state index contributed by atoms with van der Waals surface area (Å²) in [6, 6.07) is 7.32. The molecule has 1 N–H and O–H groups in total. The third-order valence-electron chi connectivity index (χ3n) is 7.88. The van der Waals surface area contributed by atoms with Gasteiger partial charge in [-0.2, -0.15) is 8.78 Å². The van der Waals surface area contributed by atoms with E-state index in [4.69, 9.17) is 18.9 Å². The summed E-state index contributed by atoms with van der Waals surface area (Å²) in [5.74, 6) is 0.848. The van der Waals surface area contributed by atoms with Crippen molar-refractivity contribution >= 4 is 11.6 Å². The molecule has 3 aliphatic rings. The SMILES string of the molecule is COc1cc(-c2cnc3cc(OCCCN4CC5CCOCC4C5)ccn23)cc(OC(F)F)c1C(=O)NC1CC1. The fraction of sp³-hybridized carbons (Fsp3) is 0.517. The summed E-state index contributed by atoms with van der Waals surface area (Å²) in [7, 11) is 1.39. The number of aromatic nitrogens is 2. The lowest BCUT2D eigenvalue weighted by Crippen LogP contribution is -2.35. The largest absolute Gasteiger partial charge is 0.496 e. The number of amides is 1. The van der Waals surface area contributed by atoms with Gasteiger partial charge in [0.05, 0.1) is 32.2 Å². The second-order valence-electron chi connectivity index (χ2n) is 10.7. The number of carbonyl (C=O) groups excluding carboxylic acids is 1. The third-order valence-corrected chi connectivity index (χ3v) is 7.88. The Labute approximate surface area is 231 Å². The van der Waals surface area contributed by atoms with Gasteiger partial charge in [0, 0.05) is 49.6 Å². The summed E-state index contributed by atoms with van der Waals surface area (Å²) in [4.78, 5) is 19.8. The van der Waals surface area contributed by atoms with Gasteiger partial charge in [-0.15, -0.1) is 0 Å². The van der Waals surface area contributed by atoms with Crippen LogP contribution < -0.4 is 19.5 Å². The van der Waals surface area contributed by atoms with Crippen LogP contribution in [-0.2, 0) is 4.74 Å². The van der Waals surface area contributed by atoms with E-state index in [2.05, 4.69) is 15.2 Å². The van der Waals surface area contributed by atoms with Crippen molar-refractivity contribution in [3.63, 3.8) is 0 Å². The topological polar surface area (TPSA) is 86.6 Å². The van der Waals surface area contributed by atoms with Crippen molar-refractivity contribution < 1.29 is 32.5 Å². The second-order valence-corrected chi connectivity index (χ2v) is 10.7. The lowest BCUT2D eigenvalue weighted by atomic mass is 10.0. The van der Waals surface area contributed by atoms with E-state index in [-0.39, 0.29) is 23.1 Å². The quantitative estimate of drug-likeness (QED) is 0.351. The van der Waals surface area contributed by atoms with Crippen LogP contribution in [0.3, 0.4) is 0 Å². The molecule has 2 saturated heterocycles. The Morgan fingerprint density at radius 3 is 2.88 bits per heavy atom.